The van der Waals surface area contributed by atoms with Crippen LogP contribution in [0.4, 0.5) is 4.39 Å². The maximum Gasteiger partial charge on any atom is 0.245 e. The van der Waals surface area contributed by atoms with Crippen LogP contribution in [0.2, 0.25) is 0 Å². The van der Waals surface area contributed by atoms with Gasteiger partial charge in [0.05, 0.1) is 4.90 Å². The predicted octanol–water partition coefficient (Wildman–Crippen LogP) is 1.29. The van der Waals surface area contributed by atoms with E-state index in [1.54, 1.807) is 12.1 Å². The molecule has 1 aromatic carbocycles. The Morgan fingerprint density at radius 1 is 1.38 bits per heavy atom. The highest BCUT2D eigenvalue weighted by atomic mass is 32.2. The lowest BCUT2D eigenvalue weighted by atomic mass is 10.2. The molecule has 0 aliphatic carbocycles. The fraction of sp³-hybridized carbons (Fsp3) is 0.250. The van der Waals surface area contributed by atoms with E-state index in [2.05, 4.69) is 0 Å². The van der Waals surface area contributed by atoms with Gasteiger partial charge >= 0.3 is 0 Å². The highest BCUT2D eigenvalue weighted by Crippen LogP contribution is 2.38. The minimum atomic E-state index is -3.58. The molecule has 70 valence electrons. The first kappa shape index (κ1) is 8.65. The zero-order chi connectivity index (χ0) is 9.64. The van der Waals surface area contributed by atoms with Gasteiger partial charge in [0, 0.05) is 12.6 Å². The van der Waals surface area contributed by atoms with Crippen LogP contribution in [0.1, 0.15) is 11.9 Å². The van der Waals surface area contributed by atoms with Crippen LogP contribution >= 0.6 is 0 Å². The quantitative estimate of drug-likeness (QED) is 0.593. The van der Waals surface area contributed by atoms with Crippen molar-refractivity contribution in [1.82, 2.24) is 4.31 Å². The van der Waals surface area contributed by atoms with Gasteiger partial charge in [-0.15, -0.1) is 0 Å². The van der Waals surface area contributed by atoms with E-state index < -0.39 is 16.3 Å². The molecule has 5 heteroatoms. The lowest BCUT2D eigenvalue weighted by Crippen LogP contribution is -2.20. The standard InChI is InChI=1S/C8H8FNO2S/c1-10-8(9)6-4-2-3-5-7(6)13(10,11)12/h2-5,8H,1H3. The molecule has 3 nitrogen and oxygen atoms in total. The summed E-state index contributed by atoms with van der Waals surface area (Å²) in [6.07, 6.45) is -1.54. The van der Waals surface area contributed by atoms with Crippen LogP contribution in [-0.2, 0) is 10.0 Å². The number of sulfonamides is 1. The largest absolute Gasteiger partial charge is 0.245 e. The second-order valence-electron chi connectivity index (χ2n) is 2.89. The molecule has 2 rings (SSSR count). The smallest absolute Gasteiger partial charge is 0.224 e. The Bertz CT molecular complexity index is 443. The molecular formula is C8H8FNO2S. The Morgan fingerprint density at radius 3 is 2.62 bits per heavy atom. The number of halogens is 1. The second kappa shape index (κ2) is 2.52. The molecule has 1 heterocycles. The third-order valence-electron chi connectivity index (χ3n) is 2.15. The van der Waals surface area contributed by atoms with Crippen molar-refractivity contribution in [3.05, 3.63) is 29.8 Å². The molecule has 0 radical (unpaired) electrons. The number of benzene rings is 1. The highest BCUT2D eigenvalue weighted by Gasteiger charge is 2.39. The van der Waals surface area contributed by atoms with Crippen molar-refractivity contribution in [2.75, 3.05) is 7.05 Å². The van der Waals surface area contributed by atoms with Gasteiger partial charge in [-0.3, -0.25) is 0 Å². The monoisotopic (exact) mass is 201 g/mol. The molecule has 0 saturated heterocycles. The van der Waals surface area contributed by atoms with Crippen LogP contribution in [0, 0.1) is 0 Å². The minimum absolute atomic E-state index is 0.0741. The molecule has 0 spiro atoms. The number of alkyl halides is 1. The van der Waals surface area contributed by atoms with Crippen molar-refractivity contribution < 1.29 is 12.8 Å². The van der Waals surface area contributed by atoms with E-state index in [-0.39, 0.29) is 10.5 Å². The molecule has 0 amide bonds. The maximum atomic E-state index is 13.4. The lowest BCUT2D eigenvalue weighted by molar-refractivity contribution is 0.204. The van der Waals surface area contributed by atoms with Gasteiger partial charge in [0.25, 0.3) is 0 Å². The third-order valence-corrected chi connectivity index (χ3v) is 4.02. The summed E-state index contributed by atoms with van der Waals surface area (Å²) in [6, 6.07) is 6.12. The van der Waals surface area contributed by atoms with Crippen molar-refractivity contribution in [2.24, 2.45) is 0 Å². The topological polar surface area (TPSA) is 37.4 Å². The van der Waals surface area contributed by atoms with Gasteiger partial charge in [0.15, 0.2) is 6.30 Å². The van der Waals surface area contributed by atoms with Gasteiger partial charge in [0.1, 0.15) is 0 Å². The number of rotatable bonds is 0. The molecule has 1 aliphatic heterocycles. The molecule has 0 N–H and O–H groups in total. The van der Waals surface area contributed by atoms with E-state index in [0.717, 1.165) is 4.31 Å². The van der Waals surface area contributed by atoms with Crippen molar-refractivity contribution in [3.8, 4) is 0 Å². The van der Waals surface area contributed by atoms with E-state index in [9.17, 15) is 12.8 Å². The van der Waals surface area contributed by atoms with Gasteiger partial charge in [-0.05, 0) is 6.07 Å². The minimum Gasteiger partial charge on any atom is -0.224 e. The van der Waals surface area contributed by atoms with Crippen molar-refractivity contribution in [1.29, 1.82) is 0 Å². The summed E-state index contributed by atoms with van der Waals surface area (Å²) in [4.78, 5) is 0.0741. The molecular weight excluding hydrogens is 193 g/mol. The van der Waals surface area contributed by atoms with Crippen LogP contribution in [0.25, 0.3) is 0 Å². The Kier molecular flexibility index (Phi) is 1.68. The Morgan fingerprint density at radius 2 is 2.00 bits per heavy atom. The third kappa shape index (κ3) is 1.00. The molecule has 0 saturated carbocycles. The summed E-state index contributed by atoms with van der Waals surface area (Å²) in [5, 5.41) is 0. The first-order chi connectivity index (χ1) is 6.05. The fourth-order valence-electron chi connectivity index (χ4n) is 1.39. The molecule has 1 unspecified atom stereocenters. The number of hydrogen-bond acceptors (Lipinski definition) is 2. The van der Waals surface area contributed by atoms with Gasteiger partial charge in [-0.2, -0.15) is 4.31 Å². The van der Waals surface area contributed by atoms with E-state index in [4.69, 9.17) is 0 Å². The summed E-state index contributed by atoms with van der Waals surface area (Å²) < 4.78 is 37.0. The summed E-state index contributed by atoms with van der Waals surface area (Å²) in [5.74, 6) is 0. The molecule has 0 bridgehead atoms. The maximum absolute atomic E-state index is 13.4. The highest BCUT2D eigenvalue weighted by molar-refractivity contribution is 7.89. The molecule has 1 atom stereocenters. The lowest BCUT2D eigenvalue weighted by Gasteiger charge is -2.09. The van der Waals surface area contributed by atoms with Crippen LogP contribution in [0.5, 0.6) is 0 Å². The Hall–Kier alpha value is -0.940. The van der Waals surface area contributed by atoms with Gasteiger partial charge < -0.3 is 0 Å². The Balaban J connectivity index is 2.76. The summed E-state index contributed by atoms with van der Waals surface area (Å²) >= 11 is 0. The predicted molar refractivity (Wildman–Crippen MR) is 45.2 cm³/mol. The number of hydrogen-bond donors (Lipinski definition) is 0. The van der Waals surface area contributed by atoms with E-state index in [1.807, 2.05) is 0 Å². The Labute approximate surface area is 75.8 Å². The van der Waals surface area contributed by atoms with Gasteiger partial charge in [0.2, 0.25) is 10.0 Å². The van der Waals surface area contributed by atoms with E-state index in [0.29, 0.717) is 0 Å². The van der Waals surface area contributed by atoms with E-state index >= 15 is 0 Å². The second-order valence-corrected chi connectivity index (χ2v) is 4.86. The van der Waals surface area contributed by atoms with Gasteiger partial charge in [-0.25, -0.2) is 12.8 Å². The van der Waals surface area contributed by atoms with E-state index in [1.165, 1.54) is 19.2 Å². The molecule has 1 aromatic rings. The van der Waals surface area contributed by atoms with Crippen LogP contribution in [0.3, 0.4) is 0 Å². The van der Waals surface area contributed by atoms with Crippen LogP contribution < -0.4 is 0 Å². The molecule has 1 aliphatic rings. The fourth-order valence-corrected chi connectivity index (χ4v) is 2.77. The van der Waals surface area contributed by atoms with Crippen molar-refractivity contribution >= 4 is 10.0 Å². The van der Waals surface area contributed by atoms with Gasteiger partial charge in [-0.1, -0.05) is 18.2 Å². The first-order valence-electron chi connectivity index (χ1n) is 3.76. The molecule has 13 heavy (non-hydrogen) atoms. The first-order valence-corrected chi connectivity index (χ1v) is 5.20. The van der Waals surface area contributed by atoms with Crippen LogP contribution in [-0.4, -0.2) is 19.8 Å². The SMILES string of the molecule is CN1C(F)c2ccccc2S1(=O)=O. The summed E-state index contributed by atoms with van der Waals surface area (Å²) in [7, 11) is -2.34. The average Bonchev–Trinajstić information content (AvgIpc) is 2.30. The normalized spacial score (nSPS) is 25.8. The number of fused-ring (bicyclic) bond motifs is 1. The number of nitrogens with zero attached hydrogens (tertiary/aromatic N) is 1. The summed E-state index contributed by atoms with van der Waals surface area (Å²) in [6.45, 7) is 0. The molecule has 0 fully saturated rings. The zero-order valence-corrected chi connectivity index (χ0v) is 7.75. The zero-order valence-electron chi connectivity index (χ0n) is 6.94. The average molecular weight is 201 g/mol. The summed E-state index contributed by atoms with van der Waals surface area (Å²) in [5.41, 5.74) is 0.227. The molecule has 0 aromatic heterocycles. The van der Waals surface area contributed by atoms with Crippen molar-refractivity contribution in [3.63, 3.8) is 0 Å². The van der Waals surface area contributed by atoms with Crippen LogP contribution in [0.15, 0.2) is 29.2 Å². The van der Waals surface area contributed by atoms with Crippen molar-refractivity contribution in [2.45, 2.75) is 11.2 Å².